The van der Waals surface area contributed by atoms with E-state index in [0.717, 1.165) is 50.1 Å². The van der Waals surface area contributed by atoms with Gasteiger partial charge in [0.1, 0.15) is 11.2 Å². The molecule has 2 aliphatic carbocycles. The monoisotopic (exact) mass is 811 g/mol. The van der Waals surface area contributed by atoms with Crippen molar-refractivity contribution < 1.29 is 4.42 Å². The molecule has 0 aliphatic heterocycles. The summed E-state index contributed by atoms with van der Waals surface area (Å²) in [7, 11) is 0. The molecule has 0 radical (unpaired) electrons. The predicted octanol–water partition coefficient (Wildman–Crippen LogP) is 17.6. The lowest BCUT2D eigenvalue weighted by molar-refractivity contribution is 0.445. The zero-order valence-electron chi connectivity index (χ0n) is 35.9. The molecular formula is C61H49NO. The molecule has 0 spiro atoms. The number of benzene rings is 9. The molecule has 304 valence electrons. The van der Waals surface area contributed by atoms with Crippen LogP contribution in [0.1, 0.15) is 68.6 Å². The second-order valence-corrected chi connectivity index (χ2v) is 18.2. The lowest BCUT2D eigenvalue weighted by atomic mass is 9.80. The van der Waals surface area contributed by atoms with Crippen LogP contribution in [0.15, 0.2) is 199 Å². The van der Waals surface area contributed by atoms with Crippen molar-refractivity contribution in [3.63, 3.8) is 0 Å². The molecule has 0 saturated heterocycles. The van der Waals surface area contributed by atoms with Crippen LogP contribution in [0.2, 0.25) is 0 Å². The third-order valence-corrected chi connectivity index (χ3v) is 14.3. The average Bonchev–Trinajstić information content (AvgIpc) is 3.83. The van der Waals surface area contributed by atoms with Crippen LogP contribution in [0.5, 0.6) is 0 Å². The Morgan fingerprint density at radius 3 is 1.89 bits per heavy atom. The number of hydrogen-bond acceptors (Lipinski definition) is 2. The van der Waals surface area contributed by atoms with Crippen LogP contribution in [0, 0.1) is 0 Å². The van der Waals surface area contributed by atoms with E-state index < -0.39 is 0 Å². The Morgan fingerprint density at radius 2 is 1.06 bits per heavy atom. The van der Waals surface area contributed by atoms with Gasteiger partial charge in [-0.3, -0.25) is 0 Å². The van der Waals surface area contributed by atoms with E-state index in [2.05, 4.69) is 207 Å². The van der Waals surface area contributed by atoms with Crippen molar-refractivity contribution in [3.8, 4) is 44.5 Å². The molecular weight excluding hydrogens is 763 g/mol. The number of rotatable bonds is 7. The highest BCUT2D eigenvalue weighted by Gasteiger charge is 2.35. The zero-order chi connectivity index (χ0) is 42.1. The van der Waals surface area contributed by atoms with Crippen molar-refractivity contribution in [1.82, 2.24) is 0 Å². The number of hydrogen-bond donors (Lipinski definition) is 0. The molecule has 1 heterocycles. The summed E-state index contributed by atoms with van der Waals surface area (Å²) < 4.78 is 6.46. The van der Waals surface area contributed by atoms with Gasteiger partial charge in [0.05, 0.1) is 11.4 Å². The number of fused-ring (bicyclic) bond motifs is 7. The Labute approximate surface area is 370 Å². The summed E-state index contributed by atoms with van der Waals surface area (Å²) in [6.07, 6.45) is 6.45. The molecule has 0 bridgehead atoms. The van der Waals surface area contributed by atoms with Crippen LogP contribution >= 0.6 is 0 Å². The average molecular weight is 812 g/mol. The van der Waals surface area contributed by atoms with E-state index in [1.807, 2.05) is 6.07 Å². The van der Waals surface area contributed by atoms with Gasteiger partial charge in [0.25, 0.3) is 0 Å². The largest absolute Gasteiger partial charge is 0.456 e. The summed E-state index contributed by atoms with van der Waals surface area (Å²) >= 11 is 0. The van der Waals surface area contributed by atoms with Crippen LogP contribution < -0.4 is 4.90 Å². The molecule has 1 fully saturated rings. The summed E-state index contributed by atoms with van der Waals surface area (Å²) in [5.74, 6) is 0.576. The maximum Gasteiger partial charge on any atom is 0.136 e. The van der Waals surface area contributed by atoms with Crippen LogP contribution in [0.4, 0.5) is 17.1 Å². The number of nitrogens with zero attached hydrogens (tertiary/aromatic N) is 1. The smallest absolute Gasteiger partial charge is 0.136 e. The minimum Gasteiger partial charge on any atom is -0.456 e. The number of para-hydroxylation sites is 3. The lowest BCUT2D eigenvalue weighted by Crippen LogP contribution is -2.14. The highest BCUT2D eigenvalue weighted by atomic mass is 16.3. The molecule has 2 aliphatic rings. The van der Waals surface area contributed by atoms with Crippen molar-refractivity contribution in [2.75, 3.05) is 4.90 Å². The van der Waals surface area contributed by atoms with Gasteiger partial charge in [-0.1, -0.05) is 179 Å². The van der Waals surface area contributed by atoms with E-state index >= 15 is 0 Å². The molecule has 63 heavy (non-hydrogen) atoms. The molecule has 2 heteroatoms. The van der Waals surface area contributed by atoms with Crippen LogP contribution in [0.3, 0.4) is 0 Å². The molecule has 9 aromatic carbocycles. The van der Waals surface area contributed by atoms with Gasteiger partial charge in [-0.05, 0) is 128 Å². The van der Waals surface area contributed by atoms with Crippen molar-refractivity contribution in [1.29, 1.82) is 0 Å². The molecule has 1 saturated carbocycles. The Bertz CT molecular complexity index is 3360. The highest BCUT2D eigenvalue weighted by molar-refractivity contribution is 6.07. The predicted molar refractivity (Wildman–Crippen MR) is 266 cm³/mol. The van der Waals surface area contributed by atoms with Gasteiger partial charge in [-0.15, -0.1) is 0 Å². The minimum absolute atomic E-state index is 0.0596. The summed E-state index contributed by atoms with van der Waals surface area (Å²) in [4.78, 5) is 2.49. The van der Waals surface area contributed by atoms with Crippen molar-refractivity contribution in [3.05, 3.63) is 211 Å². The van der Waals surface area contributed by atoms with Crippen molar-refractivity contribution in [2.45, 2.75) is 57.3 Å². The molecule has 0 N–H and O–H groups in total. The normalized spacial score (nSPS) is 14.6. The topological polar surface area (TPSA) is 16.4 Å². The first-order chi connectivity index (χ1) is 31.0. The Kier molecular flexibility index (Phi) is 8.97. The van der Waals surface area contributed by atoms with Gasteiger partial charge in [-0.2, -0.15) is 0 Å². The third kappa shape index (κ3) is 6.22. The number of furan rings is 1. The fourth-order valence-electron chi connectivity index (χ4n) is 11.1. The highest BCUT2D eigenvalue weighted by Crippen LogP contribution is 2.51. The number of anilines is 3. The molecule has 2 nitrogen and oxygen atoms in total. The van der Waals surface area contributed by atoms with E-state index in [-0.39, 0.29) is 5.41 Å². The molecule has 1 aromatic heterocycles. The maximum absolute atomic E-state index is 6.46. The van der Waals surface area contributed by atoms with Gasteiger partial charge in [-0.25, -0.2) is 0 Å². The molecule has 0 unspecified atom stereocenters. The van der Waals surface area contributed by atoms with Crippen LogP contribution in [-0.2, 0) is 5.41 Å². The Morgan fingerprint density at radius 1 is 0.444 bits per heavy atom. The second kappa shape index (κ2) is 15.0. The van der Waals surface area contributed by atoms with Gasteiger partial charge in [0.15, 0.2) is 0 Å². The summed E-state index contributed by atoms with van der Waals surface area (Å²) in [5, 5.41) is 4.97. The van der Waals surface area contributed by atoms with E-state index in [9.17, 15) is 0 Å². The van der Waals surface area contributed by atoms with E-state index in [1.54, 1.807) is 0 Å². The first-order valence-electron chi connectivity index (χ1n) is 22.8. The molecule has 10 aromatic rings. The zero-order valence-corrected chi connectivity index (χ0v) is 35.9. The van der Waals surface area contributed by atoms with E-state index in [0.29, 0.717) is 5.92 Å². The summed E-state index contributed by atoms with van der Waals surface area (Å²) in [5.41, 5.74) is 19.3. The summed E-state index contributed by atoms with van der Waals surface area (Å²) in [6, 6.07) is 72.0. The fourth-order valence-corrected chi connectivity index (χ4v) is 11.1. The summed E-state index contributed by atoms with van der Waals surface area (Å²) in [6.45, 7) is 4.72. The first-order valence-corrected chi connectivity index (χ1v) is 22.8. The minimum atomic E-state index is -0.0596. The quantitative estimate of drug-likeness (QED) is 0.159. The molecule has 0 amide bonds. The standard InChI is InChI=1S/C61H49NO/c1-61(2)54-26-10-6-21-48(54)49-36-32-43(38-55(49)61)40-30-34-45(35-31-40)62(56-27-11-7-20-46(56)44-33-37-52-51-23-9-13-29-58(51)63-59(52)39-44)57-28-12-8-22-50(57)53-25-15-19-42-18-14-24-47(60(42)53)41-16-4-3-5-17-41/h6-15,18-39,41H,3-5,16-17H2,1-2H3. The van der Waals surface area contributed by atoms with Crippen molar-refractivity contribution in [2.24, 2.45) is 0 Å². The molecule has 12 rings (SSSR count). The SMILES string of the molecule is CC1(C)c2ccccc2-c2ccc(-c3ccc(N(c4ccccc4-c4ccc5c(c4)oc4ccccc45)c4ccccc4-c4cccc5cccc(C6CCCCC6)c45)cc3)cc21. The Balaban J connectivity index is 1.03. The van der Waals surface area contributed by atoms with Gasteiger partial charge >= 0.3 is 0 Å². The van der Waals surface area contributed by atoms with E-state index in [1.165, 1.54) is 92.9 Å². The van der Waals surface area contributed by atoms with Crippen LogP contribution in [0.25, 0.3) is 77.2 Å². The van der Waals surface area contributed by atoms with Gasteiger partial charge in [0, 0.05) is 33.0 Å². The molecule has 0 atom stereocenters. The van der Waals surface area contributed by atoms with Crippen molar-refractivity contribution >= 4 is 49.8 Å². The fraction of sp³-hybridized carbons (Fsp3) is 0.148. The Hall–Kier alpha value is -7.16. The van der Waals surface area contributed by atoms with E-state index in [4.69, 9.17) is 4.42 Å². The lowest BCUT2D eigenvalue weighted by Gasteiger charge is -2.31. The van der Waals surface area contributed by atoms with Gasteiger partial charge in [0.2, 0.25) is 0 Å². The van der Waals surface area contributed by atoms with Gasteiger partial charge < -0.3 is 9.32 Å². The third-order valence-electron chi connectivity index (χ3n) is 14.3. The first kappa shape index (κ1) is 37.6. The van der Waals surface area contributed by atoms with Crippen LogP contribution in [-0.4, -0.2) is 0 Å². The maximum atomic E-state index is 6.46. The second-order valence-electron chi connectivity index (χ2n) is 18.2.